The van der Waals surface area contributed by atoms with Gasteiger partial charge in [0.05, 0.1) is 11.9 Å². The maximum atomic E-state index is 5.44. The number of thiocarbonyl (C=S) groups is 1. The van der Waals surface area contributed by atoms with Crippen molar-refractivity contribution in [3.63, 3.8) is 0 Å². The maximum absolute atomic E-state index is 5.44. The molecule has 1 rings (SSSR count). The van der Waals surface area contributed by atoms with Crippen molar-refractivity contribution in [2.75, 3.05) is 11.9 Å². The third-order valence-electron chi connectivity index (χ3n) is 1.61. The maximum Gasteiger partial charge on any atom is 0.170 e. The second kappa shape index (κ2) is 3.49. The molecule has 0 aliphatic rings. The highest BCUT2D eigenvalue weighted by atomic mass is 32.1. The standard InChI is InChI=1S/C8H11N3S/c1-6-3-4-7(5-10-6)11(2)8(9)12/h3-5H,1-2H3,(H2,9,12). The van der Waals surface area contributed by atoms with E-state index >= 15 is 0 Å². The van der Waals surface area contributed by atoms with Gasteiger partial charge in [0.1, 0.15) is 0 Å². The lowest BCUT2D eigenvalue weighted by molar-refractivity contribution is 1.16. The Kier molecular flexibility index (Phi) is 2.60. The van der Waals surface area contributed by atoms with Crippen LogP contribution in [0.3, 0.4) is 0 Å². The lowest BCUT2D eigenvalue weighted by Crippen LogP contribution is -2.31. The van der Waals surface area contributed by atoms with Crippen LogP contribution >= 0.6 is 12.2 Å². The number of aromatic nitrogens is 1. The summed E-state index contributed by atoms with van der Waals surface area (Å²) in [5.74, 6) is 0. The lowest BCUT2D eigenvalue weighted by Gasteiger charge is -2.15. The molecule has 0 saturated carbocycles. The first-order valence-corrected chi connectivity index (χ1v) is 3.98. The van der Waals surface area contributed by atoms with Crippen LogP contribution in [0, 0.1) is 6.92 Å². The largest absolute Gasteiger partial charge is 0.376 e. The van der Waals surface area contributed by atoms with Crippen molar-refractivity contribution in [1.82, 2.24) is 4.98 Å². The summed E-state index contributed by atoms with van der Waals surface area (Å²) in [7, 11) is 1.81. The van der Waals surface area contributed by atoms with E-state index in [-0.39, 0.29) is 0 Å². The third kappa shape index (κ3) is 1.92. The Morgan fingerprint density at radius 3 is 2.67 bits per heavy atom. The quantitative estimate of drug-likeness (QED) is 0.658. The number of aryl methyl sites for hydroxylation is 1. The zero-order valence-corrected chi connectivity index (χ0v) is 7.93. The summed E-state index contributed by atoms with van der Waals surface area (Å²) in [5.41, 5.74) is 7.33. The van der Waals surface area contributed by atoms with Gasteiger partial charge in [-0.1, -0.05) is 0 Å². The van der Waals surface area contributed by atoms with Crippen LogP contribution in [0.25, 0.3) is 0 Å². The SMILES string of the molecule is Cc1ccc(N(C)C(N)=S)cn1. The number of pyridine rings is 1. The third-order valence-corrected chi connectivity index (χ3v) is 1.89. The van der Waals surface area contributed by atoms with Crippen molar-refractivity contribution in [1.29, 1.82) is 0 Å². The first-order valence-electron chi connectivity index (χ1n) is 3.57. The highest BCUT2D eigenvalue weighted by Crippen LogP contribution is 2.09. The molecule has 0 amide bonds. The molecule has 0 aliphatic heterocycles. The van der Waals surface area contributed by atoms with E-state index in [0.717, 1.165) is 11.4 Å². The highest BCUT2D eigenvalue weighted by molar-refractivity contribution is 7.80. The molecule has 1 aromatic rings. The number of nitrogens with two attached hydrogens (primary N) is 1. The molecular formula is C8H11N3S. The molecule has 0 aromatic carbocycles. The van der Waals surface area contributed by atoms with Crippen molar-refractivity contribution in [3.05, 3.63) is 24.0 Å². The molecule has 0 aliphatic carbocycles. The van der Waals surface area contributed by atoms with Crippen molar-refractivity contribution in [3.8, 4) is 0 Å². The Morgan fingerprint density at radius 2 is 2.25 bits per heavy atom. The molecule has 0 spiro atoms. The average Bonchev–Trinajstić information content (AvgIpc) is 2.04. The van der Waals surface area contributed by atoms with Crippen LogP contribution in [0.2, 0.25) is 0 Å². The monoisotopic (exact) mass is 181 g/mol. The number of nitrogens with zero attached hydrogens (tertiary/aromatic N) is 2. The van der Waals surface area contributed by atoms with E-state index in [2.05, 4.69) is 4.98 Å². The first kappa shape index (κ1) is 8.93. The fourth-order valence-corrected chi connectivity index (χ4v) is 0.891. The van der Waals surface area contributed by atoms with Gasteiger partial charge >= 0.3 is 0 Å². The van der Waals surface area contributed by atoms with Crippen LogP contribution in [-0.2, 0) is 0 Å². The minimum absolute atomic E-state index is 0.348. The molecule has 1 aromatic heterocycles. The lowest BCUT2D eigenvalue weighted by atomic mass is 10.3. The van der Waals surface area contributed by atoms with E-state index in [1.807, 2.05) is 26.1 Å². The highest BCUT2D eigenvalue weighted by Gasteiger charge is 2.01. The van der Waals surface area contributed by atoms with Crippen LogP contribution < -0.4 is 10.6 Å². The Labute approximate surface area is 77.2 Å². The number of hydrogen-bond donors (Lipinski definition) is 1. The molecule has 0 bridgehead atoms. The van der Waals surface area contributed by atoms with Gasteiger partial charge < -0.3 is 10.6 Å². The Bertz CT molecular complexity index is 281. The second-order valence-corrected chi connectivity index (χ2v) is 2.97. The van der Waals surface area contributed by atoms with Gasteiger partial charge in [-0.25, -0.2) is 0 Å². The summed E-state index contributed by atoms with van der Waals surface area (Å²) in [6.45, 7) is 1.94. The fraction of sp³-hybridized carbons (Fsp3) is 0.250. The number of anilines is 1. The van der Waals surface area contributed by atoms with Gasteiger partial charge in [0, 0.05) is 12.7 Å². The van der Waals surface area contributed by atoms with Gasteiger partial charge in [0.2, 0.25) is 0 Å². The summed E-state index contributed by atoms with van der Waals surface area (Å²) >= 11 is 4.81. The van der Waals surface area contributed by atoms with Gasteiger partial charge in [-0.3, -0.25) is 4.98 Å². The van der Waals surface area contributed by atoms with Gasteiger partial charge in [0.15, 0.2) is 5.11 Å². The van der Waals surface area contributed by atoms with Gasteiger partial charge in [-0.2, -0.15) is 0 Å². The molecule has 64 valence electrons. The molecule has 0 fully saturated rings. The van der Waals surface area contributed by atoms with E-state index in [1.54, 1.807) is 11.1 Å². The normalized spacial score (nSPS) is 9.50. The Hall–Kier alpha value is -1.16. The van der Waals surface area contributed by atoms with E-state index < -0.39 is 0 Å². The average molecular weight is 181 g/mol. The topological polar surface area (TPSA) is 42.1 Å². The summed E-state index contributed by atoms with van der Waals surface area (Å²) in [4.78, 5) is 5.84. The van der Waals surface area contributed by atoms with E-state index in [4.69, 9.17) is 18.0 Å². The predicted molar refractivity (Wildman–Crippen MR) is 54.2 cm³/mol. The molecule has 3 nitrogen and oxygen atoms in total. The summed E-state index contributed by atoms with van der Waals surface area (Å²) in [6, 6.07) is 3.85. The smallest absolute Gasteiger partial charge is 0.170 e. The van der Waals surface area contributed by atoms with E-state index in [0.29, 0.717) is 5.11 Å². The van der Waals surface area contributed by atoms with Crippen molar-refractivity contribution < 1.29 is 0 Å². The predicted octanol–water partition coefficient (Wildman–Crippen LogP) is 1.07. The van der Waals surface area contributed by atoms with Gasteiger partial charge in [0.25, 0.3) is 0 Å². The molecule has 4 heteroatoms. The molecule has 0 unspecified atom stereocenters. The molecule has 0 saturated heterocycles. The minimum atomic E-state index is 0.348. The van der Waals surface area contributed by atoms with Gasteiger partial charge in [-0.15, -0.1) is 0 Å². The van der Waals surface area contributed by atoms with Crippen LogP contribution in [-0.4, -0.2) is 17.1 Å². The molecule has 0 atom stereocenters. The van der Waals surface area contributed by atoms with Crippen molar-refractivity contribution in [2.24, 2.45) is 5.73 Å². The zero-order valence-electron chi connectivity index (χ0n) is 7.11. The summed E-state index contributed by atoms with van der Waals surface area (Å²) in [5, 5.41) is 0.348. The fourth-order valence-electron chi connectivity index (χ4n) is 0.786. The number of rotatable bonds is 1. The number of hydrogen-bond acceptors (Lipinski definition) is 2. The molecule has 0 radical (unpaired) electrons. The molecule has 2 N–H and O–H groups in total. The summed E-state index contributed by atoms with van der Waals surface area (Å²) in [6.07, 6.45) is 1.74. The Balaban J connectivity index is 2.89. The van der Waals surface area contributed by atoms with Gasteiger partial charge in [-0.05, 0) is 31.3 Å². The van der Waals surface area contributed by atoms with Crippen molar-refractivity contribution in [2.45, 2.75) is 6.92 Å². The summed E-state index contributed by atoms with van der Waals surface area (Å²) < 4.78 is 0. The van der Waals surface area contributed by atoms with E-state index in [9.17, 15) is 0 Å². The first-order chi connectivity index (χ1) is 5.61. The Morgan fingerprint density at radius 1 is 1.58 bits per heavy atom. The van der Waals surface area contributed by atoms with E-state index in [1.165, 1.54) is 0 Å². The molecule has 1 heterocycles. The van der Waals surface area contributed by atoms with Crippen LogP contribution in [0.4, 0.5) is 5.69 Å². The van der Waals surface area contributed by atoms with Crippen molar-refractivity contribution >= 4 is 23.0 Å². The zero-order chi connectivity index (χ0) is 9.14. The van der Waals surface area contributed by atoms with Crippen LogP contribution in [0.1, 0.15) is 5.69 Å². The minimum Gasteiger partial charge on any atom is -0.376 e. The molecular weight excluding hydrogens is 170 g/mol. The van der Waals surface area contributed by atoms with Crippen LogP contribution in [0.15, 0.2) is 18.3 Å². The second-order valence-electron chi connectivity index (χ2n) is 2.56. The molecule has 12 heavy (non-hydrogen) atoms. The van der Waals surface area contributed by atoms with Crippen LogP contribution in [0.5, 0.6) is 0 Å².